The molecule has 2 rings (SSSR count). The molecule has 2 unspecified atom stereocenters. The Morgan fingerprint density at radius 2 is 2.50 bits per heavy atom. The largest absolute Gasteiger partial charge is 0.329 e. The summed E-state index contributed by atoms with van der Waals surface area (Å²) in [5.74, 6) is 0. The summed E-state index contributed by atoms with van der Waals surface area (Å²) in [7, 11) is 0. The number of nitrogens with two attached hydrogens (primary N) is 1. The van der Waals surface area contributed by atoms with Gasteiger partial charge >= 0.3 is 6.03 Å². The van der Waals surface area contributed by atoms with E-state index in [0.29, 0.717) is 13.1 Å². The third-order valence-electron chi connectivity index (χ3n) is 2.43. The average Bonchev–Trinajstić information content (AvgIpc) is 2.74. The topological polar surface area (TPSA) is 58.4 Å². The fourth-order valence-corrected chi connectivity index (χ4v) is 2.87. The van der Waals surface area contributed by atoms with Crippen molar-refractivity contribution in [3.63, 3.8) is 0 Å². The SMILES string of the molecule is CC(N)CN1CC(c2ccc(Cl)s2)NC1=O. The molecule has 3 N–H and O–H groups in total. The van der Waals surface area contributed by atoms with Gasteiger partial charge in [0.25, 0.3) is 0 Å². The van der Waals surface area contributed by atoms with Crippen molar-refractivity contribution in [2.24, 2.45) is 5.73 Å². The Bertz CT molecular complexity index is 393. The van der Waals surface area contributed by atoms with Crippen LogP contribution >= 0.6 is 22.9 Å². The predicted molar refractivity (Wildman–Crippen MR) is 65.8 cm³/mol. The lowest BCUT2D eigenvalue weighted by atomic mass is 10.2. The van der Waals surface area contributed by atoms with Crippen LogP contribution in [0.15, 0.2) is 12.1 Å². The Morgan fingerprint density at radius 3 is 3.06 bits per heavy atom. The number of urea groups is 1. The Morgan fingerprint density at radius 1 is 1.75 bits per heavy atom. The first-order valence-corrected chi connectivity index (χ1v) is 6.32. The summed E-state index contributed by atoms with van der Waals surface area (Å²) in [4.78, 5) is 14.5. The second kappa shape index (κ2) is 4.61. The number of carbonyl (C=O) groups excluding carboxylic acids is 1. The first kappa shape index (κ1) is 11.7. The number of nitrogens with zero attached hydrogens (tertiary/aromatic N) is 1. The van der Waals surface area contributed by atoms with Gasteiger partial charge in [0, 0.05) is 24.0 Å². The van der Waals surface area contributed by atoms with Gasteiger partial charge in [0.05, 0.1) is 10.4 Å². The smallest absolute Gasteiger partial charge is 0.318 e. The quantitative estimate of drug-likeness (QED) is 0.870. The van der Waals surface area contributed by atoms with Gasteiger partial charge in [-0.15, -0.1) is 11.3 Å². The van der Waals surface area contributed by atoms with Crippen molar-refractivity contribution in [3.05, 3.63) is 21.3 Å². The van der Waals surface area contributed by atoms with Crippen LogP contribution in [0.5, 0.6) is 0 Å². The van der Waals surface area contributed by atoms with E-state index in [2.05, 4.69) is 5.32 Å². The van der Waals surface area contributed by atoms with E-state index in [1.807, 2.05) is 19.1 Å². The first-order chi connectivity index (χ1) is 7.56. The fraction of sp³-hybridized carbons (Fsp3) is 0.500. The molecule has 0 aliphatic carbocycles. The van der Waals surface area contributed by atoms with Gasteiger partial charge in [0.2, 0.25) is 0 Å². The minimum absolute atomic E-state index is 0.00331. The molecule has 6 heteroatoms. The molecule has 0 radical (unpaired) electrons. The van der Waals surface area contributed by atoms with E-state index in [1.54, 1.807) is 4.90 Å². The van der Waals surface area contributed by atoms with Gasteiger partial charge in [-0.2, -0.15) is 0 Å². The lowest BCUT2D eigenvalue weighted by molar-refractivity contribution is 0.215. The molecule has 1 aromatic heterocycles. The molecule has 1 fully saturated rings. The predicted octanol–water partition coefficient (Wildman–Crippen LogP) is 1.81. The summed E-state index contributed by atoms with van der Waals surface area (Å²) in [5.41, 5.74) is 5.68. The fourth-order valence-electron chi connectivity index (χ4n) is 1.77. The van der Waals surface area contributed by atoms with Crippen LogP contribution in [0.25, 0.3) is 0 Å². The van der Waals surface area contributed by atoms with E-state index in [-0.39, 0.29) is 18.1 Å². The molecule has 0 aromatic carbocycles. The Hall–Kier alpha value is -0.780. The van der Waals surface area contributed by atoms with Crippen molar-refractivity contribution in [2.45, 2.75) is 19.0 Å². The summed E-state index contributed by atoms with van der Waals surface area (Å²) >= 11 is 7.37. The molecule has 2 atom stereocenters. The first-order valence-electron chi connectivity index (χ1n) is 5.12. The molecule has 16 heavy (non-hydrogen) atoms. The van der Waals surface area contributed by atoms with Crippen LogP contribution in [-0.2, 0) is 0 Å². The summed E-state index contributed by atoms with van der Waals surface area (Å²) < 4.78 is 0.745. The van der Waals surface area contributed by atoms with Crippen molar-refractivity contribution in [3.8, 4) is 0 Å². The molecular formula is C10H14ClN3OS. The normalized spacial score (nSPS) is 22.3. The summed E-state index contributed by atoms with van der Waals surface area (Å²) in [6.07, 6.45) is 0. The van der Waals surface area contributed by atoms with Crippen molar-refractivity contribution >= 4 is 29.0 Å². The number of halogens is 1. The van der Waals surface area contributed by atoms with E-state index in [4.69, 9.17) is 17.3 Å². The minimum atomic E-state index is -0.0492. The van der Waals surface area contributed by atoms with Crippen LogP contribution in [-0.4, -0.2) is 30.1 Å². The van der Waals surface area contributed by atoms with Crippen LogP contribution < -0.4 is 11.1 Å². The number of hydrogen-bond donors (Lipinski definition) is 2. The zero-order chi connectivity index (χ0) is 11.7. The van der Waals surface area contributed by atoms with Gasteiger partial charge in [0.1, 0.15) is 0 Å². The van der Waals surface area contributed by atoms with Crippen molar-refractivity contribution in [1.29, 1.82) is 0 Å². The molecule has 2 heterocycles. The summed E-state index contributed by atoms with van der Waals surface area (Å²) in [6, 6.07) is 3.79. The highest BCUT2D eigenvalue weighted by Crippen LogP contribution is 2.29. The van der Waals surface area contributed by atoms with Crippen molar-refractivity contribution in [1.82, 2.24) is 10.2 Å². The summed E-state index contributed by atoms with van der Waals surface area (Å²) in [6.45, 7) is 3.14. The second-order valence-electron chi connectivity index (χ2n) is 4.03. The molecule has 1 aliphatic rings. The zero-order valence-electron chi connectivity index (χ0n) is 8.94. The van der Waals surface area contributed by atoms with Crippen LogP contribution in [0.4, 0.5) is 4.79 Å². The second-order valence-corrected chi connectivity index (χ2v) is 5.77. The van der Waals surface area contributed by atoms with Gasteiger partial charge in [-0.05, 0) is 19.1 Å². The maximum atomic E-state index is 11.6. The zero-order valence-corrected chi connectivity index (χ0v) is 10.5. The maximum absolute atomic E-state index is 11.6. The third-order valence-corrected chi connectivity index (χ3v) is 3.78. The number of carbonyl (C=O) groups is 1. The third kappa shape index (κ3) is 2.48. The molecule has 0 spiro atoms. The lowest BCUT2D eigenvalue weighted by Gasteiger charge is -2.16. The standard InChI is InChI=1S/C10H14ClN3OS/c1-6(12)4-14-5-7(13-10(14)15)8-2-3-9(11)16-8/h2-3,6-7H,4-5,12H2,1H3,(H,13,15). The van der Waals surface area contributed by atoms with Crippen molar-refractivity contribution in [2.75, 3.05) is 13.1 Å². The molecule has 1 saturated heterocycles. The highest BCUT2D eigenvalue weighted by atomic mass is 35.5. The van der Waals surface area contributed by atoms with Gasteiger partial charge < -0.3 is 16.0 Å². The van der Waals surface area contributed by atoms with Gasteiger partial charge in [-0.3, -0.25) is 0 Å². The van der Waals surface area contributed by atoms with Gasteiger partial charge in [-0.1, -0.05) is 11.6 Å². The van der Waals surface area contributed by atoms with Gasteiger partial charge in [-0.25, -0.2) is 4.79 Å². The molecule has 88 valence electrons. The summed E-state index contributed by atoms with van der Waals surface area (Å²) in [5, 5.41) is 2.92. The molecule has 2 amide bonds. The minimum Gasteiger partial charge on any atom is -0.329 e. The molecular weight excluding hydrogens is 246 g/mol. The van der Waals surface area contributed by atoms with Crippen LogP contribution in [0.1, 0.15) is 17.8 Å². The number of nitrogens with one attached hydrogen (secondary N) is 1. The lowest BCUT2D eigenvalue weighted by Crippen LogP contribution is -2.37. The van der Waals surface area contributed by atoms with Crippen LogP contribution in [0.3, 0.4) is 0 Å². The number of hydrogen-bond acceptors (Lipinski definition) is 3. The van der Waals surface area contributed by atoms with Gasteiger partial charge in [0.15, 0.2) is 0 Å². The van der Waals surface area contributed by atoms with E-state index in [9.17, 15) is 4.79 Å². The van der Waals surface area contributed by atoms with Crippen LogP contribution in [0, 0.1) is 0 Å². The highest BCUT2D eigenvalue weighted by Gasteiger charge is 2.30. The van der Waals surface area contributed by atoms with Crippen molar-refractivity contribution < 1.29 is 4.79 Å². The molecule has 1 aromatic rings. The molecule has 0 saturated carbocycles. The van der Waals surface area contributed by atoms with E-state index in [1.165, 1.54) is 11.3 Å². The average molecular weight is 260 g/mol. The number of amides is 2. The number of rotatable bonds is 3. The Labute approximate surface area is 103 Å². The van der Waals surface area contributed by atoms with E-state index in [0.717, 1.165) is 9.21 Å². The Kier molecular flexibility index (Phi) is 3.37. The highest BCUT2D eigenvalue weighted by molar-refractivity contribution is 7.16. The number of thiophene rings is 1. The molecule has 4 nitrogen and oxygen atoms in total. The molecule has 0 bridgehead atoms. The Balaban J connectivity index is 2.03. The monoisotopic (exact) mass is 259 g/mol. The molecule has 1 aliphatic heterocycles. The maximum Gasteiger partial charge on any atom is 0.318 e. The van der Waals surface area contributed by atoms with Crippen LogP contribution in [0.2, 0.25) is 4.34 Å². The van der Waals surface area contributed by atoms with E-state index >= 15 is 0 Å². The van der Waals surface area contributed by atoms with E-state index < -0.39 is 0 Å².